The van der Waals surface area contributed by atoms with Crippen molar-refractivity contribution in [2.45, 2.75) is 18.7 Å². The Bertz CT molecular complexity index is 566. The Hall–Kier alpha value is -0.990. The van der Waals surface area contributed by atoms with Gasteiger partial charge >= 0.3 is 0 Å². The third-order valence-corrected chi connectivity index (χ3v) is 3.94. The molecule has 2 aromatic rings. The van der Waals surface area contributed by atoms with E-state index in [1.807, 2.05) is 24.3 Å². The summed E-state index contributed by atoms with van der Waals surface area (Å²) >= 11 is 7.90. The summed E-state index contributed by atoms with van der Waals surface area (Å²) in [6, 6.07) is 11.1. The lowest BCUT2D eigenvalue weighted by Gasteiger charge is -2.09. The number of hydrogen-bond donors (Lipinski definition) is 0. The Morgan fingerprint density at radius 1 is 1.17 bits per heavy atom. The first-order valence-electron chi connectivity index (χ1n) is 5.81. The number of halogens is 2. The van der Waals surface area contributed by atoms with Gasteiger partial charge in [0, 0.05) is 21.0 Å². The summed E-state index contributed by atoms with van der Waals surface area (Å²) in [4.78, 5) is 1.11. The van der Waals surface area contributed by atoms with Crippen LogP contribution in [-0.4, -0.2) is 5.75 Å². The molecule has 0 aliphatic rings. The molecule has 0 amide bonds. The minimum atomic E-state index is -0.196. The van der Waals surface area contributed by atoms with E-state index in [0.29, 0.717) is 16.1 Å². The van der Waals surface area contributed by atoms with Crippen LogP contribution in [-0.2, 0) is 0 Å². The molecule has 0 N–H and O–H groups in total. The Kier molecular flexibility index (Phi) is 4.31. The standard InChI is InChI=1S/C15H14ClFS/c1-3-18-11-7-8-14(16)13(9-11)12-6-4-5-10(2)15(12)17/h4-9H,3H2,1-2H3. The highest BCUT2D eigenvalue weighted by atomic mass is 35.5. The molecular formula is C15H14ClFS. The SMILES string of the molecule is CCSc1ccc(Cl)c(-c2cccc(C)c2F)c1. The van der Waals surface area contributed by atoms with Crippen molar-refractivity contribution in [3.63, 3.8) is 0 Å². The highest BCUT2D eigenvalue weighted by Crippen LogP contribution is 2.34. The van der Waals surface area contributed by atoms with Crippen molar-refractivity contribution < 1.29 is 4.39 Å². The molecule has 0 heterocycles. The van der Waals surface area contributed by atoms with Gasteiger partial charge in [0.25, 0.3) is 0 Å². The van der Waals surface area contributed by atoms with Crippen LogP contribution in [0.1, 0.15) is 12.5 Å². The van der Waals surface area contributed by atoms with Crippen LogP contribution in [0.5, 0.6) is 0 Å². The van der Waals surface area contributed by atoms with Gasteiger partial charge in [0.05, 0.1) is 0 Å². The monoisotopic (exact) mass is 280 g/mol. The first-order valence-corrected chi connectivity index (χ1v) is 7.17. The van der Waals surface area contributed by atoms with Gasteiger partial charge in [-0.25, -0.2) is 4.39 Å². The fraction of sp³-hybridized carbons (Fsp3) is 0.200. The van der Waals surface area contributed by atoms with E-state index in [1.165, 1.54) is 0 Å². The molecule has 18 heavy (non-hydrogen) atoms. The van der Waals surface area contributed by atoms with Crippen molar-refractivity contribution in [2.75, 3.05) is 5.75 Å². The van der Waals surface area contributed by atoms with Gasteiger partial charge in [0.15, 0.2) is 0 Å². The second-order valence-corrected chi connectivity index (χ2v) is 5.76. The molecule has 2 aromatic carbocycles. The fourth-order valence-electron chi connectivity index (χ4n) is 1.82. The van der Waals surface area contributed by atoms with Crippen LogP contribution in [0, 0.1) is 12.7 Å². The minimum absolute atomic E-state index is 0.196. The number of thioether (sulfide) groups is 1. The van der Waals surface area contributed by atoms with Gasteiger partial charge in [0.2, 0.25) is 0 Å². The molecule has 0 atom stereocenters. The average molecular weight is 281 g/mol. The molecule has 0 radical (unpaired) electrons. The second kappa shape index (κ2) is 5.77. The van der Waals surface area contributed by atoms with Gasteiger partial charge in [-0.1, -0.05) is 36.7 Å². The summed E-state index contributed by atoms with van der Waals surface area (Å²) in [5.41, 5.74) is 1.96. The maximum atomic E-state index is 14.1. The molecule has 0 spiro atoms. The summed E-state index contributed by atoms with van der Waals surface area (Å²) < 4.78 is 14.1. The number of aryl methyl sites for hydroxylation is 1. The normalized spacial score (nSPS) is 10.7. The predicted molar refractivity (Wildman–Crippen MR) is 78.0 cm³/mol. The van der Waals surface area contributed by atoms with E-state index < -0.39 is 0 Å². The van der Waals surface area contributed by atoms with Crippen molar-refractivity contribution in [3.05, 3.63) is 52.8 Å². The topological polar surface area (TPSA) is 0 Å². The van der Waals surface area contributed by atoms with Crippen LogP contribution in [0.15, 0.2) is 41.3 Å². The molecule has 0 aliphatic heterocycles. The molecule has 0 saturated carbocycles. The zero-order valence-corrected chi connectivity index (χ0v) is 11.9. The van der Waals surface area contributed by atoms with Gasteiger partial charge in [-0.05, 0) is 36.4 Å². The van der Waals surface area contributed by atoms with E-state index in [0.717, 1.165) is 16.2 Å². The quantitative estimate of drug-likeness (QED) is 0.663. The Balaban J connectivity index is 2.55. The highest BCUT2D eigenvalue weighted by Gasteiger charge is 2.11. The van der Waals surface area contributed by atoms with Crippen LogP contribution in [0.4, 0.5) is 4.39 Å². The van der Waals surface area contributed by atoms with Gasteiger partial charge in [0.1, 0.15) is 5.82 Å². The second-order valence-electron chi connectivity index (χ2n) is 4.01. The smallest absolute Gasteiger partial charge is 0.133 e. The maximum Gasteiger partial charge on any atom is 0.133 e. The molecule has 0 bridgehead atoms. The molecule has 2 rings (SSSR count). The summed E-state index contributed by atoms with van der Waals surface area (Å²) in [6.07, 6.45) is 0. The van der Waals surface area contributed by atoms with E-state index >= 15 is 0 Å². The molecule has 94 valence electrons. The fourth-order valence-corrected chi connectivity index (χ4v) is 2.74. The van der Waals surface area contributed by atoms with Crippen LogP contribution >= 0.6 is 23.4 Å². The Labute approximate surface area is 116 Å². The van der Waals surface area contributed by atoms with Crippen molar-refractivity contribution in [1.82, 2.24) is 0 Å². The first kappa shape index (κ1) is 13.4. The molecule has 0 fully saturated rings. The molecule has 0 unspecified atom stereocenters. The highest BCUT2D eigenvalue weighted by molar-refractivity contribution is 7.99. The Morgan fingerprint density at radius 2 is 1.94 bits per heavy atom. The summed E-state index contributed by atoms with van der Waals surface area (Å²) in [6.45, 7) is 3.85. The molecule has 3 heteroatoms. The van der Waals surface area contributed by atoms with E-state index in [1.54, 1.807) is 30.8 Å². The van der Waals surface area contributed by atoms with Crippen LogP contribution < -0.4 is 0 Å². The maximum absolute atomic E-state index is 14.1. The summed E-state index contributed by atoms with van der Waals surface area (Å²) in [5.74, 6) is 0.787. The van der Waals surface area contributed by atoms with Crippen molar-refractivity contribution in [1.29, 1.82) is 0 Å². The molecule has 0 saturated heterocycles. The van der Waals surface area contributed by atoms with Crippen molar-refractivity contribution in [3.8, 4) is 11.1 Å². The lowest BCUT2D eigenvalue weighted by molar-refractivity contribution is 0.622. The van der Waals surface area contributed by atoms with Gasteiger partial charge < -0.3 is 0 Å². The van der Waals surface area contributed by atoms with Crippen LogP contribution in [0.25, 0.3) is 11.1 Å². The van der Waals surface area contributed by atoms with Crippen molar-refractivity contribution >= 4 is 23.4 Å². The van der Waals surface area contributed by atoms with Gasteiger partial charge in [-0.2, -0.15) is 0 Å². The number of rotatable bonds is 3. The van der Waals surface area contributed by atoms with Gasteiger partial charge in [-0.3, -0.25) is 0 Å². The van der Waals surface area contributed by atoms with Crippen LogP contribution in [0.3, 0.4) is 0 Å². The van der Waals surface area contributed by atoms with E-state index in [2.05, 4.69) is 6.92 Å². The largest absolute Gasteiger partial charge is 0.206 e. The zero-order chi connectivity index (χ0) is 13.1. The molecule has 0 aliphatic carbocycles. The van der Waals surface area contributed by atoms with Crippen LogP contribution in [0.2, 0.25) is 5.02 Å². The van der Waals surface area contributed by atoms with E-state index in [9.17, 15) is 4.39 Å². The summed E-state index contributed by atoms with van der Waals surface area (Å²) in [7, 11) is 0. The lowest BCUT2D eigenvalue weighted by Crippen LogP contribution is -1.89. The zero-order valence-electron chi connectivity index (χ0n) is 10.3. The molecule has 0 nitrogen and oxygen atoms in total. The predicted octanol–water partition coefficient (Wildman–Crippen LogP) is 5.57. The number of hydrogen-bond acceptors (Lipinski definition) is 1. The van der Waals surface area contributed by atoms with Gasteiger partial charge in [-0.15, -0.1) is 11.8 Å². The third-order valence-electron chi connectivity index (χ3n) is 2.73. The number of benzene rings is 2. The van der Waals surface area contributed by atoms with E-state index in [-0.39, 0.29) is 5.82 Å². The summed E-state index contributed by atoms with van der Waals surface area (Å²) in [5, 5.41) is 0.583. The van der Waals surface area contributed by atoms with Crippen molar-refractivity contribution in [2.24, 2.45) is 0 Å². The molecule has 0 aromatic heterocycles. The lowest BCUT2D eigenvalue weighted by atomic mass is 10.0. The molecular weight excluding hydrogens is 267 g/mol. The average Bonchev–Trinajstić information content (AvgIpc) is 2.36. The Morgan fingerprint density at radius 3 is 2.67 bits per heavy atom. The third kappa shape index (κ3) is 2.70. The van der Waals surface area contributed by atoms with E-state index in [4.69, 9.17) is 11.6 Å². The first-order chi connectivity index (χ1) is 8.63. The minimum Gasteiger partial charge on any atom is -0.206 e.